The number of hydrogen-bond acceptors (Lipinski definition) is 3. The Kier molecular flexibility index (Phi) is 5.26. The number of rotatable bonds is 4. The minimum absolute atomic E-state index is 0.441. The minimum atomic E-state index is 0.441. The van der Waals surface area contributed by atoms with Gasteiger partial charge in [-0.1, -0.05) is 58.0 Å². The molecule has 0 fully saturated rings. The summed E-state index contributed by atoms with van der Waals surface area (Å²) in [5.41, 5.74) is 9.51. The Morgan fingerprint density at radius 2 is 1.37 bits per heavy atom. The lowest BCUT2D eigenvalue weighted by molar-refractivity contribution is 0.819. The molecule has 0 bridgehead atoms. The molecule has 3 aromatic carbocycles. The number of para-hydroxylation sites is 3. The maximum Gasteiger partial charge on any atom is 0.100 e. The lowest BCUT2D eigenvalue weighted by Gasteiger charge is -2.29. The van der Waals surface area contributed by atoms with Gasteiger partial charge in [0.2, 0.25) is 0 Å². The highest BCUT2D eigenvalue weighted by Gasteiger charge is 2.31. The first-order valence-electron chi connectivity index (χ1n) is 10.7. The van der Waals surface area contributed by atoms with Crippen molar-refractivity contribution < 1.29 is 0 Å². The van der Waals surface area contributed by atoms with Crippen molar-refractivity contribution in [2.75, 3.05) is 16.5 Å². The number of anilines is 4. The fraction of sp³-hybridized carbons (Fsp3) is 0.296. The highest BCUT2D eigenvalue weighted by atomic mass is 15.4. The van der Waals surface area contributed by atoms with Gasteiger partial charge in [-0.15, -0.1) is 0 Å². The minimum Gasteiger partial charge on any atom is -0.321 e. The normalized spacial score (nSPS) is 13.1. The van der Waals surface area contributed by atoms with Gasteiger partial charge in [-0.3, -0.25) is 0 Å². The van der Waals surface area contributed by atoms with E-state index in [0.29, 0.717) is 17.4 Å². The van der Waals surface area contributed by atoms with Gasteiger partial charge in [0.05, 0.1) is 23.0 Å². The summed E-state index contributed by atoms with van der Waals surface area (Å²) in [6, 6.07) is 23.6. The maximum atomic E-state index is 9.26. The smallest absolute Gasteiger partial charge is 0.100 e. The fourth-order valence-electron chi connectivity index (χ4n) is 4.46. The van der Waals surface area contributed by atoms with Crippen LogP contribution in [0.15, 0.2) is 60.7 Å². The molecule has 0 unspecified atom stereocenters. The fourth-order valence-corrected chi connectivity index (χ4v) is 4.46. The zero-order valence-corrected chi connectivity index (χ0v) is 18.5. The Bertz CT molecular complexity index is 1090. The van der Waals surface area contributed by atoms with E-state index in [1.54, 1.807) is 0 Å². The number of nitrogens with zero attached hydrogens (tertiary/aromatic N) is 3. The summed E-state index contributed by atoms with van der Waals surface area (Å²) >= 11 is 0. The summed E-state index contributed by atoms with van der Waals surface area (Å²) in [6.07, 6.45) is 0. The van der Waals surface area contributed by atoms with Gasteiger partial charge >= 0.3 is 0 Å². The molecule has 30 heavy (non-hydrogen) atoms. The van der Waals surface area contributed by atoms with Gasteiger partial charge in [-0.25, -0.2) is 0 Å². The van der Waals surface area contributed by atoms with Crippen molar-refractivity contribution >= 4 is 22.7 Å². The second-order valence-electron chi connectivity index (χ2n) is 8.69. The Labute approximate surface area is 180 Å². The molecule has 3 nitrogen and oxygen atoms in total. The molecule has 0 spiro atoms. The molecule has 0 atom stereocenters. The molecule has 1 aliphatic heterocycles. The van der Waals surface area contributed by atoms with E-state index in [-0.39, 0.29) is 0 Å². The average molecular weight is 396 g/mol. The van der Waals surface area contributed by atoms with Crippen LogP contribution in [0.25, 0.3) is 0 Å². The Hall–Kier alpha value is -3.25. The molecular weight excluding hydrogens is 366 g/mol. The summed E-state index contributed by atoms with van der Waals surface area (Å²) in [5.74, 6) is 0.883. The summed E-state index contributed by atoms with van der Waals surface area (Å²) in [4.78, 5) is 4.84. The third-order valence-corrected chi connectivity index (χ3v) is 5.98. The molecule has 1 aliphatic rings. The van der Waals surface area contributed by atoms with E-state index >= 15 is 0 Å². The van der Waals surface area contributed by atoms with Gasteiger partial charge in [0.15, 0.2) is 0 Å². The summed E-state index contributed by atoms with van der Waals surface area (Å²) < 4.78 is 0. The first-order valence-corrected chi connectivity index (χ1v) is 10.7. The standard InChI is InChI=1S/C27H29N3/c1-18(2)22-9-8-10-23(19(3)4)27(22)30-17-29(25-11-6-7-12-26(25)30)24-14-13-21(16-28)15-20(24)5/h6-15,18-19H,17H2,1-5H3. The van der Waals surface area contributed by atoms with Crippen molar-refractivity contribution in [1.82, 2.24) is 0 Å². The largest absolute Gasteiger partial charge is 0.321 e. The van der Waals surface area contributed by atoms with E-state index in [2.05, 4.69) is 99.0 Å². The highest BCUT2D eigenvalue weighted by molar-refractivity contribution is 5.89. The zero-order chi connectivity index (χ0) is 21.4. The SMILES string of the molecule is Cc1cc(C#N)ccc1N1CN(c2c(C(C)C)cccc2C(C)C)c2ccccc21. The zero-order valence-electron chi connectivity index (χ0n) is 18.5. The van der Waals surface area contributed by atoms with Crippen LogP contribution in [0.5, 0.6) is 0 Å². The summed E-state index contributed by atoms with van der Waals surface area (Å²) in [6.45, 7) is 11.9. The molecule has 0 amide bonds. The van der Waals surface area contributed by atoms with Gasteiger partial charge in [-0.05, 0) is 65.8 Å². The summed E-state index contributed by atoms with van der Waals surface area (Å²) in [7, 11) is 0. The van der Waals surface area contributed by atoms with Crippen molar-refractivity contribution in [2.24, 2.45) is 0 Å². The molecule has 0 aromatic heterocycles. The number of benzene rings is 3. The number of hydrogen-bond donors (Lipinski definition) is 0. The van der Waals surface area contributed by atoms with E-state index in [0.717, 1.165) is 17.9 Å². The number of fused-ring (bicyclic) bond motifs is 1. The molecule has 0 aliphatic carbocycles. The molecule has 3 aromatic rings. The van der Waals surface area contributed by atoms with Crippen LogP contribution in [0.1, 0.15) is 61.8 Å². The van der Waals surface area contributed by atoms with Gasteiger partial charge in [-0.2, -0.15) is 5.26 Å². The van der Waals surface area contributed by atoms with Gasteiger partial charge in [0, 0.05) is 11.4 Å². The van der Waals surface area contributed by atoms with Crippen molar-refractivity contribution in [3.05, 3.63) is 82.9 Å². The highest BCUT2D eigenvalue weighted by Crippen LogP contribution is 2.48. The molecule has 4 rings (SSSR count). The van der Waals surface area contributed by atoms with Crippen molar-refractivity contribution in [3.63, 3.8) is 0 Å². The van der Waals surface area contributed by atoms with E-state index in [4.69, 9.17) is 0 Å². The second-order valence-corrected chi connectivity index (χ2v) is 8.69. The Balaban J connectivity index is 1.89. The van der Waals surface area contributed by atoms with Gasteiger partial charge < -0.3 is 9.80 Å². The Morgan fingerprint density at radius 3 is 1.90 bits per heavy atom. The third-order valence-electron chi connectivity index (χ3n) is 5.98. The van der Waals surface area contributed by atoms with E-state index in [9.17, 15) is 5.26 Å². The lowest BCUT2D eigenvalue weighted by atomic mass is 9.92. The molecule has 152 valence electrons. The van der Waals surface area contributed by atoms with Crippen LogP contribution in [-0.2, 0) is 0 Å². The molecule has 3 heteroatoms. The monoisotopic (exact) mass is 395 g/mol. The predicted molar refractivity (Wildman–Crippen MR) is 126 cm³/mol. The van der Waals surface area contributed by atoms with Crippen LogP contribution in [0.3, 0.4) is 0 Å². The van der Waals surface area contributed by atoms with Crippen molar-refractivity contribution in [3.8, 4) is 6.07 Å². The molecule has 0 saturated carbocycles. The van der Waals surface area contributed by atoms with Crippen LogP contribution in [0, 0.1) is 18.3 Å². The van der Waals surface area contributed by atoms with E-state index in [1.165, 1.54) is 28.2 Å². The molecule has 0 saturated heterocycles. The van der Waals surface area contributed by atoms with Gasteiger partial charge in [0.25, 0.3) is 0 Å². The second kappa shape index (κ2) is 7.88. The lowest BCUT2D eigenvalue weighted by Crippen LogP contribution is -2.26. The van der Waals surface area contributed by atoms with Crippen LogP contribution in [0.2, 0.25) is 0 Å². The average Bonchev–Trinajstić information content (AvgIpc) is 3.12. The van der Waals surface area contributed by atoms with Crippen LogP contribution >= 0.6 is 0 Å². The quantitative estimate of drug-likeness (QED) is 0.462. The Morgan fingerprint density at radius 1 is 0.767 bits per heavy atom. The first kappa shape index (κ1) is 20.0. The third kappa shape index (κ3) is 3.33. The van der Waals surface area contributed by atoms with E-state index < -0.39 is 0 Å². The molecule has 0 radical (unpaired) electrons. The van der Waals surface area contributed by atoms with E-state index in [1.807, 2.05) is 12.1 Å². The summed E-state index contributed by atoms with van der Waals surface area (Å²) in [5, 5.41) is 9.26. The van der Waals surface area contributed by atoms with Crippen LogP contribution < -0.4 is 9.80 Å². The van der Waals surface area contributed by atoms with Gasteiger partial charge in [0.1, 0.15) is 6.67 Å². The van der Waals surface area contributed by atoms with Crippen molar-refractivity contribution in [1.29, 1.82) is 5.26 Å². The molecule has 1 heterocycles. The predicted octanol–water partition coefficient (Wildman–Crippen LogP) is 7.36. The number of nitriles is 1. The molecular formula is C27H29N3. The first-order chi connectivity index (χ1) is 14.4. The van der Waals surface area contributed by atoms with Crippen LogP contribution in [0.4, 0.5) is 22.7 Å². The van der Waals surface area contributed by atoms with Crippen LogP contribution in [-0.4, -0.2) is 6.67 Å². The van der Waals surface area contributed by atoms with Crippen molar-refractivity contribution in [2.45, 2.75) is 46.5 Å². The number of aryl methyl sites for hydroxylation is 1. The topological polar surface area (TPSA) is 30.3 Å². The molecule has 0 N–H and O–H groups in total. The maximum absolute atomic E-state index is 9.26.